The van der Waals surface area contributed by atoms with Crippen LogP contribution in [0.5, 0.6) is 0 Å². The molecular weight excluding hydrogens is 494 g/mol. The molecule has 0 spiro atoms. The molecule has 1 atom stereocenters. The lowest BCUT2D eigenvalue weighted by molar-refractivity contribution is -0.122. The molecule has 0 aliphatic carbocycles. The standard InChI is InChI=1S/C36H73NO3/c1-3-5-7-9-11-13-15-17-19-20-22-24-26-28-30-35(34-40-33-32-38)37-36(39)31-29-27-25-23-21-18-16-14-12-10-8-6-4-2/h35,38H,3-34H2,1-2H3,(H,37,39). The molecule has 1 unspecified atom stereocenters. The molecule has 0 aromatic carbocycles. The van der Waals surface area contributed by atoms with Gasteiger partial charge in [0.2, 0.25) is 5.91 Å². The van der Waals surface area contributed by atoms with Crippen LogP contribution in [0.1, 0.15) is 200 Å². The molecule has 0 rings (SSSR count). The van der Waals surface area contributed by atoms with E-state index in [1.165, 1.54) is 154 Å². The average Bonchev–Trinajstić information content (AvgIpc) is 2.95. The smallest absolute Gasteiger partial charge is 0.220 e. The fraction of sp³-hybridized carbons (Fsp3) is 0.972. The van der Waals surface area contributed by atoms with Crippen molar-refractivity contribution in [3.8, 4) is 0 Å². The summed E-state index contributed by atoms with van der Waals surface area (Å²) in [5, 5.41) is 12.3. The second-order valence-corrected chi connectivity index (χ2v) is 12.4. The van der Waals surface area contributed by atoms with E-state index in [9.17, 15) is 4.79 Å². The third kappa shape index (κ3) is 31.9. The van der Waals surface area contributed by atoms with Crippen molar-refractivity contribution in [1.29, 1.82) is 0 Å². The highest BCUT2D eigenvalue weighted by atomic mass is 16.5. The van der Waals surface area contributed by atoms with Crippen LogP contribution in [-0.4, -0.2) is 36.9 Å². The fourth-order valence-corrected chi connectivity index (χ4v) is 5.68. The summed E-state index contributed by atoms with van der Waals surface area (Å²) in [6, 6.07) is 0.0818. The van der Waals surface area contributed by atoms with Gasteiger partial charge in [0.25, 0.3) is 0 Å². The number of carbonyl (C=O) groups is 1. The zero-order valence-electron chi connectivity index (χ0n) is 27.5. The Kier molecular flexibility index (Phi) is 34.1. The number of ether oxygens (including phenoxy) is 1. The van der Waals surface area contributed by atoms with E-state index in [1.54, 1.807) is 0 Å². The normalized spacial score (nSPS) is 12.2. The second kappa shape index (κ2) is 34.6. The van der Waals surface area contributed by atoms with Crippen LogP contribution < -0.4 is 5.32 Å². The van der Waals surface area contributed by atoms with E-state index in [0.717, 1.165) is 25.7 Å². The molecule has 0 heterocycles. The first-order chi connectivity index (χ1) is 19.7. The van der Waals surface area contributed by atoms with Crippen LogP contribution in [0.4, 0.5) is 0 Å². The summed E-state index contributed by atoms with van der Waals surface area (Å²) in [5.41, 5.74) is 0. The largest absolute Gasteiger partial charge is 0.394 e. The molecule has 0 fully saturated rings. The topological polar surface area (TPSA) is 58.6 Å². The molecule has 1 amide bonds. The van der Waals surface area contributed by atoms with E-state index in [1.807, 2.05) is 0 Å². The van der Waals surface area contributed by atoms with Crippen LogP contribution in [-0.2, 0) is 9.53 Å². The molecule has 0 aliphatic rings. The zero-order valence-corrected chi connectivity index (χ0v) is 27.5. The predicted molar refractivity (Wildman–Crippen MR) is 175 cm³/mol. The highest BCUT2D eigenvalue weighted by molar-refractivity contribution is 5.76. The van der Waals surface area contributed by atoms with E-state index >= 15 is 0 Å². The lowest BCUT2D eigenvalue weighted by Gasteiger charge is -2.19. The van der Waals surface area contributed by atoms with Crippen LogP contribution in [0.2, 0.25) is 0 Å². The highest BCUT2D eigenvalue weighted by Gasteiger charge is 2.12. The summed E-state index contributed by atoms with van der Waals surface area (Å²) in [6.07, 6.45) is 37.9. The number of rotatable bonds is 34. The number of unbranched alkanes of at least 4 members (excludes halogenated alkanes) is 25. The highest BCUT2D eigenvalue weighted by Crippen LogP contribution is 2.15. The molecule has 0 radical (unpaired) electrons. The Labute approximate surface area is 251 Å². The van der Waals surface area contributed by atoms with Gasteiger partial charge in [-0.05, 0) is 12.8 Å². The minimum atomic E-state index is 0.0402. The summed E-state index contributed by atoms with van der Waals surface area (Å²) >= 11 is 0. The van der Waals surface area contributed by atoms with Gasteiger partial charge in [0, 0.05) is 6.42 Å². The Morgan fingerprint density at radius 3 is 1.27 bits per heavy atom. The minimum absolute atomic E-state index is 0.0402. The van der Waals surface area contributed by atoms with Gasteiger partial charge in [-0.3, -0.25) is 4.79 Å². The SMILES string of the molecule is CCCCCCCCCCCCCCCCC(COCCO)NC(=O)CCCCCCCCCCCCCCC. The molecule has 0 aromatic heterocycles. The first kappa shape index (κ1) is 39.4. The third-order valence-electron chi connectivity index (χ3n) is 8.33. The van der Waals surface area contributed by atoms with E-state index < -0.39 is 0 Å². The number of amides is 1. The van der Waals surface area contributed by atoms with Crippen molar-refractivity contribution in [3.63, 3.8) is 0 Å². The van der Waals surface area contributed by atoms with Gasteiger partial charge in [-0.25, -0.2) is 0 Å². The van der Waals surface area contributed by atoms with Gasteiger partial charge < -0.3 is 15.2 Å². The van der Waals surface area contributed by atoms with Crippen LogP contribution in [0.15, 0.2) is 0 Å². The van der Waals surface area contributed by atoms with Gasteiger partial charge in [-0.1, -0.05) is 181 Å². The van der Waals surface area contributed by atoms with Crippen molar-refractivity contribution in [2.75, 3.05) is 19.8 Å². The van der Waals surface area contributed by atoms with E-state index in [2.05, 4.69) is 19.2 Å². The second-order valence-electron chi connectivity index (χ2n) is 12.4. The van der Waals surface area contributed by atoms with Gasteiger partial charge in [0.15, 0.2) is 0 Å². The summed E-state index contributed by atoms with van der Waals surface area (Å²) < 4.78 is 5.57. The minimum Gasteiger partial charge on any atom is -0.394 e. The van der Waals surface area contributed by atoms with Crippen LogP contribution in [0, 0.1) is 0 Å². The van der Waals surface area contributed by atoms with Crippen LogP contribution in [0.3, 0.4) is 0 Å². The number of carbonyl (C=O) groups excluding carboxylic acids is 1. The number of aliphatic hydroxyl groups excluding tert-OH is 1. The van der Waals surface area contributed by atoms with Crippen LogP contribution in [0.25, 0.3) is 0 Å². The Balaban J connectivity index is 3.70. The van der Waals surface area contributed by atoms with Gasteiger partial charge in [-0.2, -0.15) is 0 Å². The summed E-state index contributed by atoms with van der Waals surface area (Å²) in [4.78, 5) is 12.5. The molecule has 0 aromatic rings. The first-order valence-corrected chi connectivity index (χ1v) is 18.2. The van der Waals surface area contributed by atoms with Crippen molar-refractivity contribution in [2.45, 2.75) is 206 Å². The maximum absolute atomic E-state index is 12.5. The predicted octanol–water partition coefficient (Wildman–Crippen LogP) is 10.8. The molecule has 4 nitrogen and oxygen atoms in total. The Hall–Kier alpha value is -0.610. The van der Waals surface area contributed by atoms with Crippen LogP contribution >= 0.6 is 0 Å². The van der Waals surface area contributed by atoms with Gasteiger partial charge in [-0.15, -0.1) is 0 Å². The molecule has 4 heteroatoms. The van der Waals surface area contributed by atoms with Gasteiger partial charge in [0.1, 0.15) is 0 Å². The maximum Gasteiger partial charge on any atom is 0.220 e. The molecule has 0 aliphatic heterocycles. The summed E-state index contributed by atoms with van der Waals surface area (Å²) in [5.74, 6) is 0.172. The summed E-state index contributed by atoms with van der Waals surface area (Å²) in [6.45, 7) is 5.47. The average molecular weight is 568 g/mol. The van der Waals surface area contributed by atoms with Crippen molar-refractivity contribution >= 4 is 5.91 Å². The molecule has 0 saturated heterocycles. The Morgan fingerprint density at radius 2 is 0.900 bits per heavy atom. The van der Waals surface area contributed by atoms with E-state index in [4.69, 9.17) is 9.84 Å². The Morgan fingerprint density at radius 1 is 0.550 bits per heavy atom. The molecule has 40 heavy (non-hydrogen) atoms. The molecular formula is C36H73NO3. The third-order valence-corrected chi connectivity index (χ3v) is 8.33. The fourth-order valence-electron chi connectivity index (χ4n) is 5.68. The van der Waals surface area contributed by atoms with Gasteiger partial charge in [0.05, 0.1) is 25.9 Å². The quantitative estimate of drug-likeness (QED) is 0.0760. The van der Waals surface area contributed by atoms with E-state index in [-0.39, 0.29) is 18.6 Å². The van der Waals surface area contributed by atoms with Gasteiger partial charge >= 0.3 is 0 Å². The van der Waals surface area contributed by atoms with Crippen molar-refractivity contribution < 1.29 is 14.6 Å². The Bertz CT molecular complexity index is 485. The lowest BCUT2D eigenvalue weighted by atomic mass is 10.0. The number of nitrogens with one attached hydrogen (secondary N) is 1. The molecule has 240 valence electrons. The summed E-state index contributed by atoms with van der Waals surface area (Å²) in [7, 11) is 0. The van der Waals surface area contributed by atoms with Crippen molar-refractivity contribution in [3.05, 3.63) is 0 Å². The monoisotopic (exact) mass is 568 g/mol. The lowest BCUT2D eigenvalue weighted by Crippen LogP contribution is -2.38. The van der Waals surface area contributed by atoms with Crippen molar-refractivity contribution in [1.82, 2.24) is 5.32 Å². The first-order valence-electron chi connectivity index (χ1n) is 18.2. The number of hydrogen-bond donors (Lipinski definition) is 2. The zero-order chi connectivity index (χ0) is 29.2. The number of hydrogen-bond acceptors (Lipinski definition) is 3. The molecule has 2 N–H and O–H groups in total. The maximum atomic E-state index is 12.5. The molecule has 0 bridgehead atoms. The number of aliphatic hydroxyl groups is 1. The van der Waals surface area contributed by atoms with Crippen molar-refractivity contribution in [2.24, 2.45) is 0 Å². The molecule has 0 saturated carbocycles. The van der Waals surface area contributed by atoms with E-state index in [0.29, 0.717) is 19.6 Å².